The van der Waals surface area contributed by atoms with Gasteiger partial charge in [0.25, 0.3) is 0 Å². The van der Waals surface area contributed by atoms with Crippen LogP contribution in [0.3, 0.4) is 0 Å². The van der Waals surface area contributed by atoms with Crippen molar-refractivity contribution in [3.63, 3.8) is 0 Å². The van der Waals surface area contributed by atoms with Gasteiger partial charge in [-0.15, -0.1) is 0 Å². The van der Waals surface area contributed by atoms with Crippen LogP contribution in [0, 0.1) is 17.3 Å². The van der Waals surface area contributed by atoms with E-state index >= 15 is 0 Å². The summed E-state index contributed by atoms with van der Waals surface area (Å²) in [5, 5.41) is 0. The van der Waals surface area contributed by atoms with E-state index in [4.69, 9.17) is 4.74 Å². The summed E-state index contributed by atoms with van der Waals surface area (Å²) >= 11 is 0. The topological polar surface area (TPSA) is 9.23 Å². The number of allylic oxidation sites excluding steroid dienone is 1. The van der Waals surface area contributed by atoms with E-state index in [-0.39, 0.29) is 0 Å². The van der Waals surface area contributed by atoms with Gasteiger partial charge in [0, 0.05) is 5.92 Å². The average Bonchev–Trinajstić information content (AvgIpc) is 2.59. The van der Waals surface area contributed by atoms with Crippen molar-refractivity contribution < 1.29 is 4.74 Å². The lowest BCUT2D eigenvalue weighted by atomic mass is 9.62. The SMILES string of the molecule is C=C1CO[C@@H]2C[C@@](C)(CC)C(C(C)C)=C(C)[C@H]12. The van der Waals surface area contributed by atoms with Crippen molar-refractivity contribution in [1.82, 2.24) is 0 Å². The van der Waals surface area contributed by atoms with Crippen molar-refractivity contribution in [1.29, 1.82) is 0 Å². The molecule has 2 aliphatic rings. The largest absolute Gasteiger partial charge is 0.373 e. The van der Waals surface area contributed by atoms with Gasteiger partial charge in [-0.1, -0.05) is 45.4 Å². The fraction of sp³-hybridized carbons (Fsp3) is 0.750. The predicted octanol–water partition coefficient (Wildman–Crippen LogP) is 4.35. The van der Waals surface area contributed by atoms with Gasteiger partial charge in [0.1, 0.15) is 0 Å². The van der Waals surface area contributed by atoms with Crippen LogP contribution in [0.4, 0.5) is 0 Å². The molecule has 0 radical (unpaired) electrons. The van der Waals surface area contributed by atoms with Crippen LogP contribution in [0.5, 0.6) is 0 Å². The molecule has 1 heterocycles. The second-order valence-electron chi connectivity index (χ2n) is 6.36. The molecular weight excluding hydrogens is 208 g/mol. The van der Waals surface area contributed by atoms with E-state index in [1.807, 2.05) is 0 Å². The molecule has 0 spiro atoms. The molecule has 0 saturated carbocycles. The zero-order valence-electron chi connectivity index (χ0n) is 12.0. The number of fused-ring (bicyclic) bond motifs is 1. The summed E-state index contributed by atoms with van der Waals surface area (Å²) in [5.41, 5.74) is 4.81. The van der Waals surface area contributed by atoms with Crippen LogP contribution in [0.15, 0.2) is 23.3 Å². The van der Waals surface area contributed by atoms with Gasteiger partial charge < -0.3 is 4.74 Å². The second kappa shape index (κ2) is 4.28. The maximum atomic E-state index is 5.93. The van der Waals surface area contributed by atoms with Gasteiger partial charge in [0.2, 0.25) is 0 Å². The van der Waals surface area contributed by atoms with Gasteiger partial charge in [-0.05, 0) is 36.7 Å². The number of rotatable bonds is 2. The lowest BCUT2D eigenvalue weighted by Crippen LogP contribution is -2.37. The molecule has 3 atom stereocenters. The molecule has 0 amide bonds. The minimum absolute atomic E-state index is 0.323. The summed E-state index contributed by atoms with van der Waals surface area (Å²) in [6, 6.07) is 0. The van der Waals surface area contributed by atoms with Crippen LogP contribution >= 0.6 is 0 Å². The van der Waals surface area contributed by atoms with Crippen molar-refractivity contribution >= 4 is 0 Å². The van der Waals surface area contributed by atoms with E-state index in [1.54, 1.807) is 11.1 Å². The van der Waals surface area contributed by atoms with Crippen LogP contribution in [0.2, 0.25) is 0 Å². The Morgan fingerprint density at radius 3 is 2.65 bits per heavy atom. The first-order valence-electron chi connectivity index (χ1n) is 6.91. The van der Waals surface area contributed by atoms with Crippen LogP contribution in [-0.4, -0.2) is 12.7 Å². The van der Waals surface area contributed by atoms with E-state index in [9.17, 15) is 0 Å². The quantitative estimate of drug-likeness (QED) is 0.645. The van der Waals surface area contributed by atoms with Gasteiger partial charge in [0.05, 0.1) is 12.7 Å². The maximum absolute atomic E-state index is 5.93. The standard InChI is InChI=1S/C16H26O/c1-7-16(6)8-13-14(11(4)9-17-13)12(5)15(16)10(2)3/h10,13-14H,4,7-9H2,1-3,5-6H3/t13-,14+,16-/m1/s1. The van der Waals surface area contributed by atoms with Crippen LogP contribution < -0.4 is 0 Å². The Bertz CT molecular complexity index is 364. The molecule has 1 fully saturated rings. The molecular formula is C16H26O. The molecule has 17 heavy (non-hydrogen) atoms. The highest BCUT2D eigenvalue weighted by molar-refractivity contribution is 5.35. The van der Waals surface area contributed by atoms with Crippen LogP contribution in [0.25, 0.3) is 0 Å². The van der Waals surface area contributed by atoms with Crippen molar-refractivity contribution in [2.45, 2.75) is 53.6 Å². The van der Waals surface area contributed by atoms with Gasteiger partial charge in [-0.3, -0.25) is 0 Å². The zero-order valence-corrected chi connectivity index (χ0v) is 12.0. The fourth-order valence-electron chi connectivity index (χ4n) is 4.11. The van der Waals surface area contributed by atoms with E-state index < -0.39 is 0 Å². The molecule has 96 valence electrons. The molecule has 0 bridgehead atoms. The molecule has 1 saturated heterocycles. The predicted molar refractivity (Wildman–Crippen MR) is 72.9 cm³/mol. The Morgan fingerprint density at radius 1 is 1.47 bits per heavy atom. The number of hydrogen-bond donors (Lipinski definition) is 0. The van der Waals surface area contributed by atoms with Gasteiger partial charge in [-0.25, -0.2) is 0 Å². The highest BCUT2D eigenvalue weighted by Crippen LogP contribution is 2.52. The monoisotopic (exact) mass is 234 g/mol. The van der Waals surface area contributed by atoms with Gasteiger partial charge in [-0.2, -0.15) is 0 Å². The van der Waals surface area contributed by atoms with Gasteiger partial charge in [0.15, 0.2) is 0 Å². The smallest absolute Gasteiger partial charge is 0.0691 e. The molecule has 1 aliphatic carbocycles. The Balaban J connectivity index is 2.50. The molecule has 2 rings (SSSR count). The molecule has 1 nitrogen and oxygen atoms in total. The molecule has 0 unspecified atom stereocenters. The summed E-state index contributed by atoms with van der Waals surface area (Å²) < 4.78 is 5.93. The Kier molecular flexibility index (Phi) is 3.24. The molecule has 0 aromatic heterocycles. The Hall–Kier alpha value is -0.560. The number of hydrogen-bond acceptors (Lipinski definition) is 1. The third kappa shape index (κ3) is 1.89. The van der Waals surface area contributed by atoms with Crippen LogP contribution in [-0.2, 0) is 4.74 Å². The Labute approximate surface area is 106 Å². The third-order valence-corrected chi connectivity index (χ3v) is 4.85. The molecule has 0 aromatic rings. The first kappa shape index (κ1) is 12.9. The minimum atomic E-state index is 0.323. The van der Waals surface area contributed by atoms with Crippen molar-refractivity contribution in [2.75, 3.05) is 6.61 Å². The maximum Gasteiger partial charge on any atom is 0.0691 e. The lowest BCUT2D eigenvalue weighted by Gasteiger charge is -2.44. The highest BCUT2D eigenvalue weighted by Gasteiger charge is 2.45. The first-order chi connectivity index (χ1) is 7.90. The third-order valence-electron chi connectivity index (χ3n) is 4.85. The summed E-state index contributed by atoms with van der Waals surface area (Å²) in [4.78, 5) is 0. The second-order valence-corrected chi connectivity index (χ2v) is 6.36. The average molecular weight is 234 g/mol. The van der Waals surface area contributed by atoms with E-state index in [0.29, 0.717) is 23.4 Å². The lowest BCUT2D eigenvalue weighted by molar-refractivity contribution is 0.0487. The normalized spacial score (nSPS) is 37.9. The van der Waals surface area contributed by atoms with Crippen LogP contribution in [0.1, 0.15) is 47.5 Å². The molecule has 1 heteroatoms. The van der Waals surface area contributed by atoms with Crippen molar-refractivity contribution in [2.24, 2.45) is 17.3 Å². The summed E-state index contributed by atoms with van der Waals surface area (Å²) in [7, 11) is 0. The minimum Gasteiger partial charge on any atom is -0.373 e. The van der Waals surface area contributed by atoms with Crippen molar-refractivity contribution in [3.8, 4) is 0 Å². The van der Waals surface area contributed by atoms with E-state index in [2.05, 4.69) is 41.2 Å². The highest BCUT2D eigenvalue weighted by atomic mass is 16.5. The zero-order chi connectivity index (χ0) is 12.8. The molecule has 1 aliphatic heterocycles. The number of ether oxygens (including phenoxy) is 1. The van der Waals surface area contributed by atoms with E-state index in [1.165, 1.54) is 12.0 Å². The van der Waals surface area contributed by atoms with Crippen molar-refractivity contribution in [3.05, 3.63) is 23.3 Å². The summed E-state index contributed by atoms with van der Waals surface area (Å²) in [6.45, 7) is 16.6. The van der Waals surface area contributed by atoms with Gasteiger partial charge >= 0.3 is 0 Å². The Morgan fingerprint density at radius 2 is 2.12 bits per heavy atom. The summed E-state index contributed by atoms with van der Waals surface area (Å²) in [6.07, 6.45) is 2.75. The summed E-state index contributed by atoms with van der Waals surface area (Å²) in [5.74, 6) is 1.13. The molecule has 0 aromatic carbocycles. The van der Waals surface area contributed by atoms with E-state index in [0.717, 1.165) is 13.0 Å². The molecule has 0 N–H and O–H groups in total. The fourth-order valence-corrected chi connectivity index (χ4v) is 4.11. The first-order valence-corrected chi connectivity index (χ1v) is 6.91.